The molecule has 4 rings (SSSR count). The molecule has 3 aromatic rings. The molecule has 8 heteroatoms. The molecule has 2 heterocycles. The first-order chi connectivity index (χ1) is 15.7. The predicted molar refractivity (Wildman–Crippen MR) is 128 cm³/mol. The van der Waals surface area contributed by atoms with Gasteiger partial charge in [-0.3, -0.25) is 4.79 Å². The normalized spacial score (nSPS) is 18.7. The third kappa shape index (κ3) is 5.32. The summed E-state index contributed by atoms with van der Waals surface area (Å²) in [5.74, 6) is 0.601. The summed E-state index contributed by atoms with van der Waals surface area (Å²) in [6.45, 7) is 7.50. The van der Waals surface area contributed by atoms with Gasteiger partial charge in [0.05, 0.1) is 10.9 Å². The van der Waals surface area contributed by atoms with Gasteiger partial charge < -0.3 is 20.4 Å². The van der Waals surface area contributed by atoms with E-state index in [9.17, 15) is 9.59 Å². The second kappa shape index (κ2) is 9.21. The maximum Gasteiger partial charge on any atom is 0.407 e. The summed E-state index contributed by atoms with van der Waals surface area (Å²) in [5, 5.41) is 7.19. The number of anilines is 1. The van der Waals surface area contributed by atoms with E-state index in [1.165, 1.54) is 6.33 Å². The van der Waals surface area contributed by atoms with Crippen molar-refractivity contribution < 1.29 is 14.3 Å². The number of ketones is 1. The molecular weight excluding hydrogens is 418 g/mol. The van der Waals surface area contributed by atoms with E-state index < -0.39 is 5.60 Å². The van der Waals surface area contributed by atoms with Crippen LogP contribution in [-0.2, 0) is 4.74 Å². The number of carbonyl (C=O) groups excluding carboxylic acids is 2. The topological polar surface area (TPSA) is 109 Å². The maximum atomic E-state index is 13.3. The van der Waals surface area contributed by atoms with Crippen LogP contribution in [0.4, 0.5) is 10.6 Å². The van der Waals surface area contributed by atoms with Gasteiger partial charge in [-0.15, -0.1) is 0 Å². The van der Waals surface area contributed by atoms with Crippen molar-refractivity contribution in [1.82, 2.24) is 20.3 Å². The van der Waals surface area contributed by atoms with Crippen LogP contribution in [0.3, 0.4) is 0 Å². The minimum Gasteiger partial charge on any atom is -0.444 e. The highest BCUT2D eigenvalue weighted by Crippen LogP contribution is 2.29. The van der Waals surface area contributed by atoms with Gasteiger partial charge in [0.2, 0.25) is 0 Å². The summed E-state index contributed by atoms with van der Waals surface area (Å²) in [5.41, 5.74) is 2.28. The number of aryl methyl sites for hydroxylation is 1. The Hall–Kier alpha value is -3.42. The highest BCUT2D eigenvalue weighted by molar-refractivity contribution is 6.18. The van der Waals surface area contributed by atoms with E-state index in [0.717, 1.165) is 31.2 Å². The zero-order valence-electron chi connectivity index (χ0n) is 19.6. The monoisotopic (exact) mass is 449 g/mol. The lowest BCUT2D eigenvalue weighted by Gasteiger charge is -2.30. The van der Waals surface area contributed by atoms with Crippen molar-refractivity contribution in [3.63, 3.8) is 0 Å². The SMILES string of the molecule is Cc1ccccc1C(=O)c1c[nH]c2ncnc(NC3CCC(NC(=O)OC(C)(C)C)CC3)c12. The molecule has 3 N–H and O–H groups in total. The molecule has 174 valence electrons. The summed E-state index contributed by atoms with van der Waals surface area (Å²) in [6, 6.07) is 7.85. The van der Waals surface area contributed by atoms with Crippen LogP contribution < -0.4 is 10.6 Å². The molecular formula is C25H31N5O3. The molecule has 1 fully saturated rings. The molecule has 1 amide bonds. The Morgan fingerprint density at radius 1 is 1.03 bits per heavy atom. The lowest BCUT2D eigenvalue weighted by Crippen LogP contribution is -2.42. The summed E-state index contributed by atoms with van der Waals surface area (Å²) in [6.07, 6.45) is 6.26. The zero-order chi connectivity index (χ0) is 23.6. The lowest BCUT2D eigenvalue weighted by molar-refractivity contribution is 0.0492. The second-order valence-electron chi connectivity index (χ2n) is 9.63. The van der Waals surface area contributed by atoms with Crippen LogP contribution in [0.25, 0.3) is 11.0 Å². The van der Waals surface area contributed by atoms with Crippen molar-refractivity contribution in [1.29, 1.82) is 0 Å². The number of benzene rings is 1. The van der Waals surface area contributed by atoms with E-state index in [4.69, 9.17) is 4.74 Å². The Kier molecular flexibility index (Phi) is 6.35. The van der Waals surface area contributed by atoms with E-state index in [-0.39, 0.29) is 24.0 Å². The van der Waals surface area contributed by atoms with E-state index in [2.05, 4.69) is 25.6 Å². The summed E-state index contributed by atoms with van der Waals surface area (Å²) >= 11 is 0. The van der Waals surface area contributed by atoms with Crippen LogP contribution in [-0.4, -0.2) is 44.5 Å². The Morgan fingerprint density at radius 2 is 1.73 bits per heavy atom. The van der Waals surface area contributed by atoms with Crippen molar-refractivity contribution in [2.24, 2.45) is 0 Å². The molecule has 0 atom stereocenters. The molecule has 0 spiro atoms. The van der Waals surface area contributed by atoms with Gasteiger partial charge in [-0.2, -0.15) is 0 Å². The highest BCUT2D eigenvalue weighted by Gasteiger charge is 2.26. The minimum absolute atomic E-state index is 0.0533. The maximum absolute atomic E-state index is 13.3. The Bertz CT molecular complexity index is 1160. The van der Waals surface area contributed by atoms with Crippen molar-refractivity contribution in [3.05, 3.63) is 53.5 Å². The first kappa shape index (κ1) is 22.8. The van der Waals surface area contributed by atoms with Gasteiger partial charge in [-0.1, -0.05) is 24.3 Å². The van der Waals surface area contributed by atoms with Crippen LogP contribution in [0.2, 0.25) is 0 Å². The molecule has 0 bridgehead atoms. The first-order valence-corrected chi connectivity index (χ1v) is 11.4. The molecule has 1 saturated carbocycles. The van der Waals surface area contributed by atoms with Gasteiger partial charge in [-0.05, 0) is 58.9 Å². The Morgan fingerprint density at radius 3 is 2.42 bits per heavy atom. The summed E-state index contributed by atoms with van der Waals surface area (Å²) in [7, 11) is 0. The van der Waals surface area contributed by atoms with E-state index >= 15 is 0 Å². The quantitative estimate of drug-likeness (QED) is 0.485. The number of alkyl carbamates (subject to hydrolysis) is 1. The number of hydrogen-bond acceptors (Lipinski definition) is 6. The zero-order valence-corrected chi connectivity index (χ0v) is 19.6. The number of aromatic nitrogens is 3. The van der Waals surface area contributed by atoms with Crippen molar-refractivity contribution >= 4 is 28.7 Å². The van der Waals surface area contributed by atoms with Crippen LogP contribution in [0.5, 0.6) is 0 Å². The van der Waals surface area contributed by atoms with Gasteiger partial charge in [0, 0.05) is 23.8 Å². The van der Waals surface area contributed by atoms with Gasteiger partial charge >= 0.3 is 6.09 Å². The number of nitrogens with one attached hydrogen (secondary N) is 3. The number of amides is 1. The fraction of sp³-hybridized carbons (Fsp3) is 0.440. The fourth-order valence-electron chi connectivity index (χ4n) is 4.27. The average molecular weight is 450 g/mol. The van der Waals surface area contributed by atoms with Crippen LogP contribution in [0, 0.1) is 6.92 Å². The first-order valence-electron chi connectivity index (χ1n) is 11.4. The van der Waals surface area contributed by atoms with Crippen molar-refractivity contribution in [2.45, 2.75) is 71.1 Å². The third-order valence-corrected chi connectivity index (χ3v) is 5.89. The van der Waals surface area contributed by atoms with Crippen molar-refractivity contribution in [3.8, 4) is 0 Å². The smallest absolute Gasteiger partial charge is 0.407 e. The number of nitrogens with zero attached hydrogens (tertiary/aromatic N) is 2. The molecule has 0 radical (unpaired) electrons. The standard InChI is InChI=1S/C25H31N5O3/c1-15-7-5-6-8-18(15)21(31)19-13-26-22-20(19)23(28-14-27-22)29-16-9-11-17(12-10-16)30-24(32)33-25(2,3)4/h5-8,13-14,16-17H,9-12H2,1-4H3,(H,30,32)(H2,26,27,28,29). The fourth-order valence-corrected chi connectivity index (χ4v) is 4.27. The number of H-pyrrole nitrogens is 1. The molecule has 1 aliphatic rings. The number of carbonyl (C=O) groups is 2. The third-order valence-electron chi connectivity index (χ3n) is 5.89. The van der Waals surface area contributed by atoms with Gasteiger partial charge in [0.15, 0.2) is 5.78 Å². The summed E-state index contributed by atoms with van der Waals surface area (Å²) in [4.78, 5) is 37.2. The molecule has 8 nitrogen and oxygen atoms in total. The van der Waals surface area contributed by atoms with Gasteiger partial charge in [0.1, 0.15) is 23.4 Å². The van der Waals surface area contributed by atoms with Crippen LogP contribution in [0.15, 0.2) is 36.8 Å². The van der Waals surface area contributed by atoms with Gasteiger partial charge in [0.25, 0.3) is 0 Å². The minimum atomic E-state index is -0.509. The summed E-state index contributed by atoms with van der Waals surface area (Å²) < 4.78 is 5.36. The van der Waals surface area contributed by atoms with Gasteiger partial charge in [-0.25, -0.2) is 14.8 Å². The molecule has 1 aliphatic carbocycles. The highest BCUT2D eigenvalue weighted by atomic mass is 16.6. The Balaban J connectivity index is 1.46. The lowest BCUT2D eigenvalue weighted by atomic mass is 9.91. The molecule has 2 aromatic heterocycles. The number of fused-ring (bicyclic) bond motifs is 1. The van der Waals surface area contributed by atoms with Crippen LogP contribution in [0.1, 0.15) is 67.9 Å². The largest absolute Gasteiger partial charge is 0.444 e. The molecule has 33 heavy (non-hydrogen) atoms. The Labute approximate surface area is 193 Å². The number of hydrogen-bond donors (Lipinski definition) is 3. The predicted octanol–water partition coefficient (Wildman–Crippen LogP) is 4.75. The second-order valence-corrected chi connectivity index (χ2v) is 9.63. The number of ether oxygens (including phenoxy) is 1. The molecule has 0 unspecified atom stereocenters. The number of rotatable bonds is 5. The van der Waals surface area contributed by atoms with E-state index in [1.54, 1.807) is 6.20 Å². The molecule has 1 aromatic carbocycles. The average Bonchev–Trinajstić information content (AvgIpc) is 3.19. The molecule has 0 aliphatic heterocycles. The molecule has 0 saturated heterocycles. The van der Waals surface area contributed by atoms with E-state index in [0.29, 0.717) is 28.0 Å². The van der Waals surface area contributed by atoms with Crippen molar-refractivity contribution in [2.75, 3.05) is 5.32 Å². The van der Waals surface area contributed by atoms with E-state index in [1.807, 2.05) is 52.0 Å². The van der Waals surface area contributed by atoms with Crippen LogP contribution >= 0.6 is 0 Å². The number of aromatic amines is 1.